The zero-order valence-electron chi connectivity index (χ0n) is 10.1. The van der Waals surface area contributed by atoms with Crippen molar-refractivity contribution in [2.75, 3.05) is 11.9 Å². The summed E-state index contributed by atoms with van der Waals surface area (Å²) in [7, 11) is 0. The maximum absolute atomic E-state index is 12.9. The average molecular weight is 236 g/mol. The maximum atomic E-state index is 12.9. The van der Waals surface area contributed by atoms with Crippen LogP contribution in [0.2, 0.25) is 0 Å². The van der Waals surface area contributed by atoms with E-state index in [1.54, 1.807) is 13.0 Å². The first-order valence-electron chi connectivity index (χ1n) is 5.88. The van der Waals surface area contributed by atoms with Gasteiger partial charge in [-0.05, 0) is 50.6 Å². The van der Waals surface area contributed by atoms with Gasteiger partial charge in [0.1, 0.15) is 5.82 Å². The molecule has 4 heteroatoms. The van der Waals surface area contributed by atoms with Crippen LogP contribution < -0.4 is 10.6 Å². The van der Waals surface area contributed by atoms with Crippen molar-refractivity contribution in [3.8, 4) is 0 Å². The number of aryl methyl sites for hydroxylation is 1. The summed E-state index contributed by atoms with van der Waals surface area (Å²) >= 11 is 0. The Hall–Kier alpha value is -1.42. The molecular formula is C13H17FN2O. The molecule has 2 atom stereocenters. The molecule has 1 aromatic rings. The van der Waals surface area contributed by atoms with Gasteiger partial charge in [0.2, 0.25) is 5.91 Å². The Balaban J connectivity index is 2.07. The molecule has 1 aliphatic heterocycles. The number of anilines is 1. The molecule has 0 saturated carbocycles. The molecule has 2 unspecified atom stereocenters. The van der Waals surface area contributed by atoms with E-state index in [-0.39, 0.29) is 23.7 Å². The van der Waals surface area contributed by atoms with Gasteiger partial charge in [0, 0.05) is 11.7 Å². The molecule has 0 spiro atoms. The van der Waals surface area contributed by atoms with Crippen LogP contribution in [0.15, 0.2) is 18.2 Å². The van der Waals surface area contributed by atoms with Crippen molar-refractivity contribution in [3.05, 3.63) is 29.6 Å². The fraction of sp³-hybridized carbons (Fsp3) is 0.462. The van der Waals surface area contributed by atoms with E-state index in [1.807, 2.05) is 6.92 Å². The molecule has 17 heavy (non-hydrogen) atoms. The third-order valence-corrected chi connectivity index (χ3v) is 3.31. The van der Waals surface area contributed by atoms with Crippen LogP contribution >= 0.6 is 0 Å². The Bertz CT molecular complexity index is 433. The van der Waals surface area contributed by atoms with Crippen molar-refractivity contribution in [2.45, 2.75) is 26.3 Å². The smallest absolute Gasteiger partial charge is 0.229 e. The van der Waals surface area contributed by atoms with Gasteiger partial charge in [-0.25, -0.2) is 4.39 Å². The second-order valence-corrected chi connectivity index (χ2v) is 4.59. The highest BCUT2D eigenvalue weighted by atomic mass is 19.1. The van der Waals surface area contributed by atoms with E-state index >= 15 is 0 Å². The van der Waals surface area contributed by atoms with Crippen molar-refractivity contribution in [2.24, 2.45) is 5.92 Å². The number of carbonyl (C=O) groups excluding carboxylic acids is 1. The lowest BCUT2D eigenvalue weighted by atomic mass is 10.0. The third-order valence-electron chi connectivity index (χ3n) is 3.31. The zero-order valence-corrected chi connectivity index (χ0v) is 10.1. The van der Waals surface area contributed by atoms with Crippen molar-refractivity contribution >= 4 is 11.6 Å². The summed E-state index contributed by atoms with van der Waals surface area (Å²) in [6, 6.07) is 4.59. The lowest BCUT2D eigenvalue weighted by Crippen LogP contribution is -2.32. The Morgan fingerprint density at radius 2 is 2.29 bits per heavy atom. The van der Waals surface area contributed by atoms with Crippen LogP contribution in [0.1, 0.15) is 18.9 Å². The second kappa shape index (κ2) is 4.84. The van der Waals surface area contributed by atoms with Crippen molar-refractivity contribution < 1.29 is 9.18 Å². The molecular weight excluding hydrogens is 219 g/mol. The van der Waals surface area contributed by atoms with Crippen LogP contribution in [0.3, 0.4) is 0 Å². The van der Waals surface area contributed by atoms with Crippen LogP contribution in [-0.4, -0.2) is 18.5 Å². The summed E-state index contributed by atoms with van der Waals surface area (Å²) in [5, 5.41) is 6.10. The van der Waals surface area contributed by atoms with E-state index in [0.29, 0.717) is 5.69 Å². The standard InChI is InChI=1S/C13H17FN2O/c1-8-7-10(14)3-4-12(8)16-13(17)11-5-6-15-9(11)2/h3-4,7,9,11,15H,5-6H2,1-2H3,(H,16,17). The summed E-state index contributed by atoms with van der Waals surface area (Å²) in [6.07, 6.45) is 0.854. The topological polar surface area (TPSA) is 41.1 Å². The van der Waals surface area contributed by atoms with Crippen LogP contribution in [0, 0.1) is 18.7 Å². The predicted octanol–water partition coefficient (Wildman–Crippen LogP) is 2.07. The summed E-state index contributed by atoms with van der Waals surface area (Å²) in [4.78, 5) is 12.0. The highest BCUT2D eigenvalue weighted by Gasteiger charge is 2.29. The molecule has 0 aromatic heterocycles. The average Bonchev–Trinajstić information content (AvgIpc) is 2.68. The molecule has 0 bridgehead atoms. The largest absolute Gasteiger partial charge is 0.326 e. The molecule has 1 saturated heterocycles. The van der Waals surface area contributed by atoms with Gasteiger partial charge in [-0.15, -0.1) is 0 Å². The van der Waals surface area contributed by atoms with Gasteiger partial charge < -0.3 is 10.6 Å². The number of rotatable bonds is 2. The fourth-order valence-corrected chi connectivity index (χ4v) is 2.21. The number of carbonyl (C=O) groups is 1. The number of nitrogens with one attached hydrogen (secondary N) is 2. The minimum Gasteiger partial charge on any atom is -0.326 e. The predicted molar refractivity (Wildman–Crippen MR) is 65.3 cm³/mol. The van der Waals surface area contributed by atoms with Gasteiger partial charge in [0.25, 0.3) is 0 Å². The SMILES string of the molecule is Cc1cc(F)ccc1NC(=O)C1CCNC1C. The van der Waals surface area contributed by atoms with E-state index in [2.05, 4.69) is 10.6 Å². The molecule has 2 rings (SSSR count). The third kappa shape index (κ3) is 2.64. The normalized spacial score (nSPS) is 23.7. The van der Waals surface area contributed by atoms with E-state index in [1.165, 1.54) is 12.1 Å². The number of hydrogen-bond donors (Lipinski definition) is 2. The molecule has 3 nitrogen and oxygen atoms in total. The molecule has 1 aromatic carbocycles. The molecule has 2 N–H and O–H groups in total. The van der Waals surface area contributed by atoms with E-state index in [0.717, 1.165) is 18.5 Å². The summed E-state index contributed by atoms with van der Waals surface area (Å²) < 4.78 is 12.9. The molecule has 0 aliphatic carbocycles. The van der Waals surface area contributed by atoms with Gasteiger partial charge in [0.15, 0.2) is 0 Å². The van der Waals surface area contributed by atoms with Gasteiger partial charge in [-0.2, -0.15) is 0 Å². The van der Waals surface area contributed by atoms with E-state index in [9.17, 15) is 9.18 Å². The quantitative estimate of drug-likeness (QED) is 0.825. The van der Waals surface area contributed by atoms with Gasteiger partial charge in [0.05, 0.1) is 5.92 Å². The Labute approximate surface area is 100 Å². The van der Waals surface area contributed by atoms with Gasteiger partial charge in [-0.3, -0.25) is 4.79 Å². The van der Waals surface area contributed by atoms with Crippen molar-refractivity contribution in [1.29, 1.82) is 0 Å². The minimum atomic E-state index is -0.281. The fourth-order valence-electron chi connectivity index (χ4n) is 2.21. The Morgan fingerprint density at radius 3 is 2.88 bits per heavy atom. The molecule has 0 radical (unpaired) electrons. The van der Waals surface area contributed by atoms with E-state index < -0.39 is 0 Å². The van der Waals surface area contributed by atoms with Crippen LogP contribution in [0.4, 0.5) is 10.1 Å². The minimum absolute atomic E-state index is 0.000506. The highest BCUT2D eigenvalue weighted by Crippen LogP contribution is 2.20. The second-order valence-electron chi connectivity index (χ2n) is 4.59. The Morgan fingerprint density at radius 1 is 1.53 bits per heavy atom. The maximum Gasteiger partial charge on any atom is 0.229 e. The van der Waals surface area contributed by atoms with Crippen LogP contribution in [-0.2, 0) is 4.79 Å². The monoisotopic (exact) mass is 236 g/mol. The van der Waals surface area contributed by atoms with Crippen molar-refractivity contribution in [3.63, 3.8) is 0 Å². The summed E-state index contributed by atoms with van der Waals surface area (Å²) in [5.74, 6) is -0.270. The van der Waals surface area contributed by atoms with Crippen molar-refractivity contribution in [1.82, 2.24) is 5.32 Å². The molecule has 92 valence electrons. The molecule has 1 fully saturated rings. The number of benzene rings is 1. The molecule has 1 heterocycles. The highest BCUT2D eigenvalue weighted by molar-refractivity contribution is 5.93. The zero-order chi connectivity index (χ0) is 12.4. The lowest BCUT2D eigenvalue weighted by Gasteiger charge is -2.16. The first-order chi connectivity index (χ1) is 8.08. The van der Waals surface area contributed by atoms with E-state index in [4.69, 9.17) is 0 Å². The van der Waals surface area contributed by atoms with Gasteiger partial charge in [-0.1, -0.05) is 0 Å². The summed E-state index contributed by atoms with van der Waals surface area (Å²) in [5.41, 5.74) is 1.44. The Kier molecular flexibility index (Phi) is 3.43. The summed E-state index contributed by atoms with van der Waals surface area (Å²) in [6.45, 7) is 4.67. The number of hydrogen-bond acceptors (Lipinski definition) is 2. The van der Waals surface area contributed by atoms with Gasteiger partial charge >= 0.3 is 0 Å². The lowest BCUT2D eigenvalue weighted by molar-refractivity contribution is -0.120. The number of halogens is 1. The number of amides is 1. The molecule has 1 amide bonds. The first-order valence-corrected chi connectivity index (χ1v) is 5.88. The first kappa shape index (κ1) is 12.0. The van der Waals surface area contributed by atoms with Crippen LogP contribution in [0.25, 0.3) is 0 Å². The molecule has 1 aliphatic rings. The van der Waals surface area contributed by atoms with Crippen LogP contribution in [0.5, 0.6) is 0 Å².